The van der Waals surface area contributed by atoms with Crippen LogP contribution in [0.1, 0.15) is 38.4 Å². The van der Waals surface area contributed by atoms with Gasteiger partial charge in [0.05, 0.1) is 6.26 Å². The van der Waals surface area contributed by atoms with Gasteiger partial charge in [-0.3, -0.25) is 0 Å². The summed E-state index contributed by atoms with van der Waals surface area (Å²) >= 11 is 0. The van der Waals surface area contributed by atoms with E-state index in [0.29, 0.717) is 24.1 Å². The summed E-state index contributed by atoms with van der Waals surface area (Å²) in [6, 6.07) is 1.70. The lowest BCUT2D eigenvalue weighted by Crippen LogP contribution is -2.47. The molecule has 5 N–H and O–H groups in total. The average Bonchev–Trinajstić information content (AvgIpc) is 3.17. The quantitative estimate of drug-likeness (QED) is 0.424. The normalized spacial score (nSPS) is 15.8. The highest BCUT2D eigenvalue weighted by molar-refractivity contribution is 7.88. The molecule has 1 aromatic heterocycles. The minimum absolute atomic E-state index is 0.394. The number of hydrazine groups is 1. The van der Waals surface area contributed by atoms with Gasteiger partial charge in [-0.25, -0.2) is 29.0 Å². The first-order chi connectivity index (χ1) is 9.68. The van der Waals surface area contributed by atoms with Gasteiger partial charge in [0.25, 0.3) is 0 Å². The summed E-state index contributed by atoms with van der Waals surface area (Å²) in [7, 11) is -3.27. The summed E-state index contributed by atoms with van der Waals surface area (Å²) in [4.78, 5) is 8.77. The Kier molecular flexibility index (Phi) is 4.35. The third-order valence-electron chi connectivity index (χ3n) is 3.01. The van der Waals surface area contributed by atoms with E-state index in [-0.39, 0.29) is 0 Å². The van der Waals surface area contributed by atoms with Crippen LogP contribution in [0.5, 0.6) is 0 Å². The lowest BCUT2D eigenvalue weighted by molar-refractivity contribution is 0.475. The van der Waals surface area contributed by atoms with Crippen molar-refractivity contribution in [2.75, 3.05) is 23.5 Å². The second-order valence-electron chi connectivity index (χ2n) is 6.03. The largest absolute Gasteiger partial charge is 0.368 e. The van der Waals surface area contributed by atoms with Gasteiger partial charge in [-0.05, 0) is 26.7 Å². The van der Waals surface area contributed by atoms with Gasteiger partial charge < -0.3 is 10.7 Å². The molecular weight excluding hydrogens is 292 g/mol. The highest BCUT2D eigenvalue weighted by Gasteiger charge is 2.28. The van der Waals surface area contributed by atoms with E-state index in [9.17, 15) is 8.42 Å². The van der Waals surface area contributed by atoms with Crippen LogP contribution in [0, 0.1) is 0 Å². The number of anilines is 2. The number of rotatable bonds is 7. The van der Waals surface area contributed by atoms with Crippen molar-refractivity contribution in [3.63, 3.8) is 0 Å². The zero-order valence-corrected chi connectivity index (χ0v) is 13.3. The molecule has 1 aliphatic rings. The molecule has 2 rings (SSSR count). The van der Waals surface area contributed by atoms with Crippen LogP contribution < -0.4 is 21.3 Å². The number of nitrogens with one attached hydrogen (secondary N) is 3. The van der Waals surface area contributed by atoms with E-state index in [0.717, 1.165) is 24.9 Å². The Morgan fingerprint density at radius 2 is 1.95 bits per heavy atom. The van der Waals surface area contributed by atoms with E-state index in [1.165, 1.54) is 0 Å². The Morgan fingerprint density at radius 3 is 2.48 bits per heavy atom. The second-order valence-corrected chi connectivity index (χ2v) is 7.78. The fourth-order valence-corrected chi connectivity index (χ4v) is 3.08. The van der Waals surface area contributed by atoms with E-state index < -0.39 is 15.6 Å². The topological polar surface area (TPSA) is 122 Å². The van der Waals surface area contributed by atoms with Crippen molar-refractivity contribution in [2.45, 2.75) is 38.1 Å². The van der Waals surface area contributed by atoms with E-state index in [1.807, 2.05) is 0 Å². The molecule has 1 saturated carbocycles. The number of nitrogens with two attached hydrogens (primary N) is 1. The fraction of sp³-hybridized carbons (Fsp3) is 0.667. The van der Waals surface area contributed by atoms with E-state index in [1.54, 1.807) is 19.9 Å². The summed E-state index contributed by atoms with van der Waals surface area (Å²) < 4.78 is 25.2. The van der Waals surface area contributed by atoms with E-state index in [4.69, 9.17) is 5.84 Å². The Labute approximate surface area is 125 Å². The monoisotopic (exact) mass is 314 g/mol. The third kappa shape index (κ3) is 5.10. The molecule has 1 fully saturated rings. The standard InChI is InChI=1S/C12H22N6O2S/c1-12(2,18-21(3,19)20)7-14-9-6-10(17-13)16-11(15-9)8-4-5-8/h6,8,18H,4-5,7,13H2,1-3H3,(H2,14,15,16,17). The molecule has 118 valence electrons. The highest BCUT2D eigenvalue weighted by Crippen LogP contribution is 2.38. The number of aromatic nitrogens is 2. The van der Waals surface area contributed by atoms with Crippen molar-refractivity contribution in [3.8, 4) is 0 Å². The number of nitrogen functional groups attached to an aromatic ring is 1. The van der Waals surface area contributed by atoms with Gasteiger partial charge in [-0.15, -0.1) is 0 Å². The Bertz CT molecular complexity index is 612. The van der Waals surface area contributed by atoms with Gasteiger partial charge in [0.15, 0.2) is 0 Å². The first-order valence-electron chi connectivity index (χ1n) is 6.77. The molecular formula is C12H22N6O2S. The fourth-order valence-electron chi connectivity index (χ4n) is 2.00. The molecule has 21 heavy (non-hydrogen) atoms. The van der Waals surface area contributed by atoms with Crippen LogP contribution in [0.3, 0.4) is 0 Å². The SMILES string of the molecule is CC(C)(CNc1cc(NN)nc(C2CC2)n1)NS(C)(=O)=O. The first kappa shape index (κ1) is 15.9. The van der Waals surface area contributed by atoms with Gasteiger partial charge in [0.1, 0.15) is 17.5 Å². The van der Waals surface area contributed by atoms with E-state index in [2.05, 4.69) is 25.4 Å². The van der Waals surface area contributed by atoms with Crippen LogP contribution >= 0.6 is 0 Å². The van der Waals surface area contributed by atoms with Crippen LogP contribution in [0.2, 0.25) is 0 Å². The lowest BCUT2D eigenvalue weighted by Gasteiger charge is -2.25. The summed E-state index contributed by atoms with van der Waals surface area (Å²) in [5.41, 5.74) is 1.89. The van der Waals surface area contributed by atoms with Gasteiger partial charge in [0, 0.05) is 24.1 Å². The van der Waals surface area contributed by atoms with Crippen LogP contribution in [-0.4, -0.2) is 36.7 Å². The Hall–Kier alpha value is -1.45. The average molecular weight is 314 g/mol. The van der Waals surface area contributed by atoms with Gasteiger partial charge in [-0.1, -0.05) is 0 Å². The molecule has 1 aliphatic carbocycles. The van der Waals surface area contributed by atoms with Crippen molar-refractivity contribution < 1.29 is 8.42 Å². The Morgan fingerprint density at radius 1 is 1.33 bits per heavy atom. The number of sulfonamides is 1. The van der Waals surface area contributed by atoms with Crippen LogP contribution in [0.15, 0.2) is 6.07 Å². The van der Waals surface area contributed by atoms with Crippen LogP contribution in [0.4, 0.5) is 11.6 Å². The maximum absolute atomic E-state index is 11.3. The van der Waals surface area contributed by atoms with Gasteiger partial charge >= 0.3 is 0 Å². The molecule has 8 nitrogen and oxygen atoms in total. The van der Waals surface area contributed by atoms with Crippen molar-refractivity contribution in [3.05, 3.63) is 11.9 Å². The summed E-state index contributed by atoms with van der Waals surface area (Å²) in [5, 5.41) is 3.13. The lowest BCUT2D eigenvalue weighted by atomic mass is 10.1. The van der Waals surface area contributed by atoms with Crippen LogP contribution in [-0.2, 0) is 10.0 Å². The third-order valence-corrected chi connectivity index (χ3v) is 3.93. The number of nitrogens with zero attached hydrogens (tertiary/aromatic N) is 2. The van der Waals surface area contributed by atoms with Crippen molar-refractivity contribution >= 4 is 21.7 Å². The number of hydrogen-bond acceptors (Lipinski definition) is 7. The Balaban J connectivity index is 2.07. The summed E-state index contributed by atoms with van der Waals surface area (Å²) in [6.45, 7) is 3.99. The predicted molar refractivity (Wildman–Crippen MR) is 82.4 cm³/mol. The zero-order valence-electron chi connectivity index (χ0n) is 12.5. The predicted octanol–water partition coefficient (Wildman–Crippen LogP) is 0.379. The molecule has 0 radical (unpaired) electrons. The molecule has 1 heterocycles. The molecule has 0 unspecified atom stereocenters. The van der Waals surface area contributed by atoms with E-state index >= 15 is 0 Å². The zero-order chi connectivity index (χ0) is 15.7. The molecule has 0 atom stereocenters. The maximum Gasteiger partial charge on any atom is 0.209 e. The smallest absolute Gasteiger partial charge is 0.209 e. The molecule has 0 aromatic carbocycles. The molecule has 0 bridgehead atoms. The van der Waals surface area contributed by atoms with Gasteiger partial charge in [0.2, 0.25) is 10.0 Å². The highest BCUT2D eigenvalue weighted by atomic mass is 32.2. The molecule has 9 heteroatoms. The summed E-state index contributed by atoms with van der Waals surface area (Å²) in [5.74, 6) is 7.76. The molecule has 0 spiro atoms. The van der Waals surface area contributed by atoms with Crippen molar-refractivity contribution in [1.29, 1.82) is 0 Å². The molecule has 0 aliphatic heterocycles. The minimum Gasteiger partial charge on any atom is -0.368 e. The van der Waals surface area contributed by atoms with Gasteiger partial charge in [-0.2, -0.15) is 0 Å². The number of hydrogen-bond donors (Lipinski definition) is 4. The minimum atomic E-state index is -3.27. The van der Waals surface area contributed by atoms with Crippen molar-refractivity contribution in [2.24, 2.45) is 5.84 Å². The van der Waals surface area contributed by atoms with Crippen LogP contribution in [0.25, 0.3) is 0 Å². The molecule has 1 aromatic rings. The maximum atomic E-state index is 11.3. The first-order valence-corrected chi connectivity index (χ1v) is 8.66. The molecule has 0 saturated heterocycles. The molecule has 0 amide bonds. The summed E-state index contributed by atoms with van der Waals surface area (Å²) in [6.07, 6.45) is 3.32. The van der Waals surface area contributed by atoms with Crippen molar-refractivity contribution in [1.82, 2.24) is 14.7 Å². The second kappa shape index (κ2) is 5.74.